The Morgan fingerprint density at radius 1 is 1.05 bits per heavy atom. The summed E-state index contributed by atoms with van der Waals surface area (Å²) < 4.78 is 66.5. The number of hydrogen-bond acceptors (Lipinski definition) is 5. The number of para-hydroxylation sites is 1. The van der Waals surface area contributed by atoms with E-state index in [1.165, 1.54) is 37.6 Å². The highest BCUT2D eigenvalue weighted by Gasteiger charge is 2.31. The van der Waals surface area contributed by atoms with Gasteiger partial charge in [0.05, 0.1) is 29.8 Å². The second kappa shape index (κ2) is 11.9. The van der Waals surface area contributed by atoms with Crippen molar-refractivity contribution >= 4 is 44.6 Å². The summed E-state index contributed by atoms with van der Waals surface area (Å²) in [5.74, 6) is -0.0973. The Balaban J connectivity index is 1.59. The van der Waals surface area contributed by atoms with Crippen LogP contribution in [0.25, 0.3) is 22.3 Å². The number of alkyl halides is 3. The number of methoxy groups -OCH3 is 1. The van der Waals surface area contributed by atoms with Crippen LogP contribution in [-0.2, 0) is 12.8 Å². The van der Waals surface area contributed by atoms with Crippen molar-refractivity contribution in [3.05, 3.63) is 121 Å². The summed E-state index contributed by atoms with van der Waals surface area (Å²) >= 11 is 10.00. The first-order valence-electron chi connectivity index (χ1n) is 12.2. The summed E-state index contributed by atoms with van der Waals surface area (Å²) in [4.78, 5) is 17.9. The molecule has 0 aliphatic heterocycles. The van der Waals surface area contributed by atoms with Gasteiger partial charge in [0.15, 0.2) is 17.3 Å². The molecule has 0 N–H and O–H groups in total. The lowest BCUT2D eigenvalue weighted by Gasteiger charge is -2.15. The molecule has 214 valence electrons. The molecule has 0 amide bonds. The summed E-state index contributed by atoms with van der Waals surface area (Å²) in [7, 11) is 1.40. The second-order valence-electron chi connectivity index (χ2n) is 8.94. The molecule has 4 aromatic carbocycles. The maximum Gasteiger partial charge on any atom is 0.416 e. The zero-order valence-electron chi connectivity index (χ0n) is 21.6. The van der Waals surface area contributed by atoms with E-state index in [4.69, 9.17) is 21.1 Å². The molecule has 0 radical (unpaired) electrons. The number of rotatable bonds is 7. The molecule has 5 rings (SSSR count). The smallest absolute Gasteiger partial charge is 0.416 e. The SMILES string of the molecule is COc1cc(C=Nn2c(-c3cccc(C(F)(F)F)c3)nc3ccccc3c2=O)c(Br)c(Cl)c1OCc1cccc(F)c1. The van der Waals surface area contributed by atoms with Crippen molar-refractivity contribution in [3.8, 4) is 22.9 Å². The molecule has 1 aromatic heterocycles. The van der Waals surface area contributed by atoms with Crippen molar-refractivity contribution in [3.63, 3.8) is 0 Å². The van der Waals surface area contributed by atoms with Gasteiger partial charge < -0.3 is 9.47 Å². The summed E-state index contributed by atoms with van der Waals surface area (Å²) in [6, 6.07) is 18.4. The zero-order valence-corrected chi connectivity index (χ0v) is 24.0. The van der Waals surface area contributed by atoms with Gasteiger partial charge in [-0.3, -0.25) is 4.79 Å². The molecule has 0 unspecified atom stereocenters. The van der Waals surface area contributed by atoms with Crippen molar-refractivity contribution in [2.75, 3.05) is 7.11 Å². The highest BCUT2D eigenvalue weighted by molar-refractivity contribution is 9.10. The third-order valence-electron chi connectivity index (χ3n) is 6.16. The molecule has 1 heterocycles. The highest BCUT2D eigenvalue weighted by atomic mass is 79.9. The normalized spacial score (nSPS) is 11.8. The average Bonchev–Trinajstić information content (AvgIpc) is 2.97. The first kappa shape index (κ1) is 29.3. The molecule has 0 atom stereocenters. The summed E-state index contributed by atoms with van der Waals surface area (Å²) in [5, 5.41) is 4.66. The van der Waals surface area contributed by atoms with Crippen LogP contribution in [0, 0.1) is 5.82 Å². The molecule has 0 aliphatic rings. The Labute approximate surface area is 249 Å². The molecule has 5 aromatic rings. The van der Waals surface area contributed by atoms with Crippen LogP contribution in [0.4, 0.5) is 17.6 Å². The van der Waals surface area contributed by atoms with E-state index < -0.39 is 23.1 Å². The third kappa shape index (κ3) is 6.02. The van der Waals surface area contributed by atoms with Crippen molar-refractivity contribution in [1.29, 1.82) is 0 Å². The number of aromatic nitrogens is 2. The van der Waals surface area contributed by atoms with E-state index in [0.29, 0.717) is 21.1 Å². The van der Waals surface area contributed by atoms with E-state index >= 15 is 0 Å². The largest absolute Gasteiger partial charge is 0.493 e. The molecular formula is C30H19BrClF4N3O3. The van der Waals surface area contributed by atoms with Gasteiger partial charge >= 0.3 is 6.18 Å². The fourth-order valence-electron chi connectivity index (χ4n) is 4.14. The molecule has 0 spiro atoms. The van der Waals surface area contributed by atoms with Crippen LogP contribution < -0.4 is 15.0 Å². The van der Waals surface area contributed by atoms with Crippen LogP contribution in [0.1, 0.15) is 16.7 Å². The number of benzene rings is 4. The number of fused-ring (bicyclic) bond motifs is 1. The van der Waals surface area contributed by atoms with Gasteiger partial charge in [-0.2, -0.15) is 22.9 Å². The van der Waals surface area contributed by atoms with E-state index in [1.54, 1.807) is 42.5 Å². The van der Waals surface area contributed by atoms with Gasteiger partial charge in [-0.1, -0.05) is 48.0 Å². The molecule has 0 fully saturated rings. The lowest BCUT2D eigenvalue weighted by atomic mass is 10.1. The Morgan fingerprint density at radius 2 is 1.81 bits per heavy atom. The van der Waals surface area contributed by atoms with Crippen LogP contribution >= 0.6 is 27.5 Å². The van der Waals surface area contributed by atoms with Crippen LogP contribution in [0.15, 0.2) is 93.2 Å². The van der Waals surface area contributed by atoms with Gasteiger partial charge in [0.2, 0.25) is 0 Å². The van der Waals surface area contributed by atoms with Crippen molar-refractivity contribution in [2.24, 2.45) is 5.10 Å². The van der Waals surface area contributed by atoms with Crippen molar-refractivity contribution in [2.45, 2.75) is 12.8 Å². The van der Waals surface area contributed by atoms with E-state index in [1.807, 2.05) is 0 Å². The average molecular weight is 661 g/mol. The monoisotopic (exact) mass is 659 g/mol. The predicted molar refractivity (Wildman–Crippen MR) is 156 cm³/mol. The Hall–Kier alpha value is -4.22. The molecule has 12 heteroatoms. The van der Waals surface area contributed by atoms with Gasteiger partial charge in [0.25, 0.3) is 5.56 Å². The lowest BCUT2D eigenvalue weighted by molar-refractivity contribution is -0.137. The van der Waals surface area contributed by atoms with E-state index in [2.05, 4.69) is 26.0 Å². The van der Waals surface area contributed by atoms with Crippen molar-refractivity contribution < 1.29 is 27.0 Å². The first-order valence-corrected chi connectivity index (χ1v) is 13.4. The van der Waals surface area contributed by atoms with E-state index in [-0.39, 0.29) is 39.9 Å². The highest BCUT2D eigenvalue weighted by Crippen LogP contribution is 2.42. The molecule has 0 bridgehead atoms. The Bertz CT molecular complexity index is 1890. The van der Waals surface area contributed by atoms with Gasteiger partial charge in [0.1, 0.15) is 17.4 Å². The standard InChI is InChI=1S/C30H19BrClF4N3O3/c1-41-24-14-19(25(31)26(32)27(24)42-16-17-6-4-9-21(33)12-17)15-37-39-28(18-7-5-8-20(13-18)30(34,35)36)38-23-11-3-2-10-22(23)29(39)40/h2-15H,16H2,1H3. The number of hydrogen-bond donors (Lipinski definition) is 0. The summed E-state index contributed by atoms with van der Waals surface area (Å²) in [6.45, 7) is 0.00617. The second-order valence-corrected chi connectivity index (χ2v) is 10.1. The topological polar surface area (TPSA) is 65.7 Å². The molecule has 42 heavy (non-hydrogen) atoms. The molecular weight excluding hydrogens is 642 g/mol. The summed E-state index contributed by atoms with van der Waals surface area (Å²) in [6.07, 6.45) is -3.30. The minimum absolute atomic E-state index is 0.00617. The maximum absolute atomic E-state index is 13.6. The number of ether oxygens (including phenoxy) is 2. The van der Waals surface area contributed by atoms with Crippen LogP contribution in [0.3, 0.4) is 0 Å². The van der Waals surface area contributed by atoms with Crippen molar-refractivity contribution in [1.82, 2.24) is 9.66 Å². The third-order valence-corrected chi connectivity index (χ3v) is 7.61. The number of nitrogens with zero attached hydrogens (tertiary/aromatic N) is 3. The lowest BCUT2D eigenvalue weighted by Crippen LogP contribution is -2.20. The molecule has 0 saturated heterocycles. The quantitative estimate of drug-likeness (QED) is 0.131. The first-order chi connectivity index (χ1) is 20.1. The zero-order chi connectivity index (χ0) is 30.0. The van der Waals surface area contributed by atoms with Gasteiger partial charge in [-0.15, -0.1) is 0 Å². The fraction of sp³-hybridized carbons (Fsp3) is 0.100. The number of halogens is 6. The van der Waals surface area contributed by atoms with Gasteiger partial charge in [-0.05, 0) is 64.0 Å². The predicted octanol–water partition coefficient (Wildman–Crippen LogP) is 8.11. The minimum Gasteiger partial charge on any atom is -0.493 e. The summed E-state index contributed by atoms with van der Waals surface area (Å²) in [5.41, 5.74) is -0.211. The van der Waals surface area contributed by atoms with Gasteiger partial charge in [-0.25, -0.2) is 9.37 Å². The van der Waals surface area contributed by atoms with Crippen LogP contribution in [0.5, 0.6) is 11.5 Å². The van der Waals surface area contributed by atoms with Crippen LogP contribution in [-0.4, -0.2) is 23.0 Å². The van der Waals surface area contributed by atoms with Gasteiger partial charge in [0, 0.05) is 15.6 Å². The van der Waals surface area contributed by atoms with Crippen LogP contribution in [0.2, 0.25) is 5.02 Å². The minimum atomic E-state index is -4.60. The van der Waals surface area contributed by atoms with E-state index in [9.17, 15) is 22.4 Å². The maximum atomic E-state index is 13.6. The Kier molecular flexibility index (Phi) is 8.33. The molecule has 6 nitrogen and oxygen atoms in total. The molecule has 0 aliphatic carbocycles. The fourth-order valence-corrected chi connectivity index (χ4v) is 4.79. The molecule has 0 saturated carbocycles. The Morgan fingerprint density at radius 3 is 2.55 bits per heavy atom. The van der Waals surface area contributed by atoms with E-state index in [0.717, 1.165) is 16.8 Å².